The van der Waals surface area contributed by atoms with E-state index in [1.165, 1.54) is 29.8 Å². The quantitative estimate of drug-likeness (QED) is 0.473. The van der Waals surface area contributed by atoms with Crippen molar-refractivity contribution in [3.05, 3.63) is 67.3 Å². The molecule has 4 rings (SSSR count). The van der Waals surface area contributed by atoms with Gasteiger partial charge in [-0.2, -0.15) is 4.98 Å². The lowest BCUT2D eigenvalue weighted by molar-refractivity contribution is 0.582. The fourth-order valence-corrected chi connectivity index (χ4v) is 3.79. The Morgan fingerprint density at radius 1 is 1.21 bits per heavy atom. The monoisotopic (exact) mass is 423 g/mol. The molecular weight excluding hydrogens is 408 g/mol. The van der Waals surface area contributed by atoms with E-state index in [9.17, 15) is 14.0 Å². The maximum Gasteiger partial charge on any atom is 0.332 e. The van der Waals surface area contributed by atoms with Gasteiger partial charge in [-0.05, 0) is 19.1 Å². The molecule has 0 bridgehead atoms. The number of fused-ring (bicyclic) bond motifs is 3. The first kappa shape index (κ1) is 18.8. The van der Waals surface area contributed by atoms with Gasteiger partial charge in [0.25, 0.3) is 5.56 Å². The molecular formula is C18H16Cl2FN5O2. The molecule has 0 radical (unpaired) electrons. The van der Waals surface area contributed by atoms with E-state index in [1.807, 2.05) is 11.5 Å². The highest BCUT2D eigenvalue weighted by atomic mass is 35.5. The molecule has 0 amide bonds. The molecule has 7 nitrogen and oxygen atoms in total. The van der Waals surface area contributed by atoms with Crippen LogP contribution in [0.5, 0.6) is 0 Å². The number of alkyl halides is 1. The fourth-order valence-electron chi connectivity index (χ4n) is 3.40. The lowest BCUT2D eigenvalue weighted by Gasteiger charge is -2.10. The van der Waals surface area contributed by atoms with E-state index < -0.39 is 17.1 Å². The summed E-state index contributed by atoms with van der Waals surface area (Å²) in [6.07, 6.45) is 1.77. The van der Waals surface area contributed by atoms with Crippen LogP contribution in [0.2, 0.25) is 5.02 Å². The summed E-state index contributed by atoms with van der Waals surface area (Å²) in [5.74, 6) is 0.314. The highest BCUT2D eigenvalue weighted by Gasteiger charge is 2.21. The summed E-state index contributed by atoms with van der Waals surface area (Å²) < 4.78 is 20.0. The summed E-state index contributed by atoms with van der Waals surface area (Å²) in [4.78, 5) is 30.4. The van der Waals surface area contributed by atoms with E-state index in [0.29, 0.717) is 18.2 Å². The van der Waals surface area contributed by atoms with Crippen LogP contribution in [-0.4, -0.2) is 29.0 Å². The molecule has 0 saturated heterocycles. The van der Waals surface area contributed by atoms with Crippen LogP contribution < -0.4 is 11.2 Å². The first-order chi connectivity index (χ1) is 13.3. The minimum Gasteiger partial charge on any atom is -0.313 e. The van der Waals surface area contributed by atoms with Crippen LogP contribution in [0.3, 0.4) is 0 Å². The standard InChI is InChI=1S/C18H16Cl2FN5O2/c1-10-8-25-14-15(22-17(25)24(10)7-6-19)23(2)18(28)26(16(14)27)9-11-12(20)4-3-5-13(11)21/h3-5,8H,6-7,9H2,1-2H3. The SMILES string of the molecule is Cc1cn2c3c(=O)n(Cc4c(F)cccc4Cl)c(=O)n(C)c3nc2n1CCCl. The van der Waals surface area contributed by atoms with Gasteiger partial charge in [-0.3, -0.25) is 18.3 Å². The van der Waals surface area contributed by atoms with Crippen LogP contribution in [0, 0.1) is 12.7 Å². The summed E-state index contributed by atoms with van der Waals surface area (Å²) in [6, 6.07) is 4.22. The second kappa shape index (κ2) is 6.79. The van der Waals surface area contributed by atoms with Crippen molar-refractivity contribution in [2.75, 3.05) is 5.88 Å². The van der Waals surface area contributed by atoms with Gasteiger partial charge in [-0.25, -0.2) is 9.18 Å². The Labute approximate surface area is 168 Å². The summed E-state index contributed by atoms with van der Waals surface area (Å²) in [6.45, 7) is 2.12. The number of hydrogen-bond donors (Lipinski definition) is 0. The molecule has 0 unspecified atom stereocenters. The van der Waals surface area contributed by atoms with E-state index >= 15 is 0 Å². The topological polar surface area (TPSA) is 66.2 Å². The molecule has 0 spiro atoms. The molecule has 0 aliphatic rings. The Kier molecular flexibility index (Phi) is 4.55. The van der Waals surface area contributed by atoms with E-state index in [0.717, 1.165) is 10.3 Å². The molecule has 0 fully saturated rings. The molecule has 4 aromatic rings. The maximum atomic E-state index is 14.2. The molecule has 0 aliphatic heterocycles. The van der Waals surface area contributed by atoms with Crippen LogP contribution in [0.1, 0.15) is 11.3 Å². The summed E-state index contributed by atoms with van der Waals surface area (Å²) >= 11 is 11.9. The van der Waals surface area contributed by atoms with Crippen LogP contribution in [0.25, 0.3) is 16.9 Å². The predicted molar refractivity (Wildman–Crippen MR) is 106 cm³/mol. The van der Waals surface area contributed by atoms with Gasteiger partial charge in [0.05, 0.1) is 6.54 Å². The number of imidazole rings is 2. The molecule has 28 heavy (non-hydrogen) atoms. The third-order valence-electron chi connectivity index (χ3n) is 4.83. The van der Waals surface area contributed by atoms with Crippen LogP contribution in [-0.2, 0) is 20.1 Å². The maximum absolute atomic E-state index is 14.2. The zero-order chi connectivity index (χ0) is 20.2. The lowest BCUT2D eigenvalue weighted by atomic mass is 10.2. The second-order valence-electron chi connectivity index (χ2n) is 6.50. The number of aromatic nitrogens is 5. The molecule has 0 atom stereocenters. The molecule has 3 heterocycles. The fraction of sp³-hybridized carbons (Fsp3) is 0.278. The number of aryl methyl sites for hydroxylation is 3. The van der Waals surface area contributed by atoms with E-state index in [-0.39, 0.29) is 28.3 Å². The average molecular weight is 424 g/mol. The first-order valence-corrected chi connectivity index (χ1v) is 9.43. The van der Waals surface area contributed by atoms with Gasteiger partial charge in [0, 0.05) is 41.9 Å². The third-order valence-corrected chi connectivity index (χ3v) is 5.35. The number of rotatable bonds is 4. The van der Waals surface area contributed by atoms with E-state index in [1.54, 1.807) is 10.6 Å². The summed E-state index contributed by atoms with van der Waals surface area (Å²) in [5, 5.41) is 0.150. The Balaban J connectivity index is 2.03. The lowest BCUT2D eigenvalue weighted by Crippen LogP contribution is -2.39. The Morgan fingerprint density at radius 3 is 2.64 bits per heavy atom. The molecule has 0 aliphatic carbocycles. The van der Waals surface area contributed by atoms with Crippen molar-refractivity contribution in [3.8, 4) is 0 Å². The van der Waals surface area contributed by atoms with Crippen molar-refractivity contribution in [1.82, 2.24) is 23.1 Å². The Hall–Kier alpha value is -2.58. The van der Waals surface area contributed by atoms with Crippen molar-refractivity contribution in [3.63, 3.8) is 0 Å². The normalized spacial score (nSPS) is 11.8. The van der Waals surface area contributed by atoms with E-state index in [4.69, 9.17) is 23.2 Å². The van der Waals surface area contributed by atoms with Gasteiger partial charge >= 0.3 is 5.69 Å². The second-order valence-corrected chi connectivity index (χ2v) is 7.28. The molecule has 0 N–H and O–H groups in total. The third kappa shape index (κ3) is 2.67. The van der Waals surface area contributed by atoms with Crippen molar-refractivity contribution < 1.29 is 4.39 Å². The number of nitrogens with zero attached hydrogens (tertiary/aromatic N) is 5. The summed E-state index contributed by atoms with van der Waals surface area (Å²) in [5.41, 5.74) is 0.290. The van der Waals surface area contributed by atoms with Crippen LogP contribution in [0.4, 0.5) is 4.39 Å². The van der Waals surface area contributed by atoms with Gasteiger partial charge in [0.1, 0.15) is 5.82 Å². The van der Waals surface area contributed by atoms with Crippen molar-refractivity contribution in [1.29, 1.82) is 0 Å². The number of halogens is 3. The molecule has 0 saturated carbocycles. The smallest absolute Gasteiger partial charge is 0.313 e. The van der Waals surface area contributed by atoms with Gasteiger partial charge in [-0.1, -0.05) is 17.7 Å². The Morgan fingerprint density at radius 2 is 1.96 bits per heavy atom. The highest BCUT2D eigenvalue weighted by molar-refractivity contribution is 6.31. The van der Waals surface area contributed by atoms with Gasteiger partial charge in [0.15, 0.2) is 11.2 Å². The number of benzene rings is 1. The van der Waals surface area contributed by atoms with E-state index in [2.05, 4.69) is 4.98 Å². The zero-order valence-electron chi connectivity index (χ0n) is 15.1. The van der Waals surface area contributed by atoms with Crippen LogP contribution >= 0.6 is 23.2 Å². The van der Waals surface area contributed by atoms with Gasteiger partial charge in [-0.15, -0.1) is 11.6 Å². The molecule has 146 valence electrons. The molecule has 3 aromatic heterocycles. The van der Waals surface area contributed by atoms with Gasteiger partial charge in [0.2, 0.25) is 5.78 Å². The van der Waals surface area contributed by atoms with Crippen molar-refractivity contribution >= 4 is 40.1 Å². The molecule has 1 aromatic carbocycles. The van der Waals surface area contributed by atoms with Crippen molar-refractivity contribution in [2.24, 2.45) is 7.05 Å². The highest BCUT2D eigenvalue weighted by Crippen LogP contribution is 2.20. The first-order valence-electron chi connectivity index (χ1n) is 8.51. The summed E-state index contributed by atoms with van der Waals surface area (Å²) in [7, 11) is 1.52. The van der Waals surface area contributed by atoms with Crippen molar-refractivity contribution in [2.45, 2.75) is 20.0 Å². The zero-order valence-corrected chi connectivity index (χ0v) is 16.6. The minimum atomic E-state index is -0.599. The minimum absolute atomic E-state index is 0.0827. The number of hydrogen-bond acceptors (Lipinski definition) is 3. The molecule has 10 heteroatoms. The average Bonchev–Trinajstić information content (AvgIpc) is 3.15. The van der Waals surface area contributed by atoms with Crippen LogP contribution in [0.15, 0.2) is 34.0 Å². The van der Waals surface area contributed by atoms with Gasteiger partial charge < -0.3 is 4.57 Å². The predicted octanol–water partition coefficient (Wildman–Crippen LogP) is 2.54. The Bertz CT molecular complexity index is 1330. The largest absolute Gasteiger partial charge is 0.332 e.